The average molecular weight is 247 g/mol. The Labute approximate surface area is 106 Å². The molecule has 2 aliphatic rings. The summed E-state index contributed by atoms with van der Waals surface area (Å²) < 4.78 is 0. The van der Waals surface area contributed by atoms with Gasteiger partial charge in [-0.1, -0.05) is 0 Å². The highest BCUT2D eigenvalue weighted by molar-refractivity contribution is 5.91. The van der Waals surface area contributed by atoms with Crippen LogP contribution < -0.4 is 15.5 Å². The number of aryl methyl sites for hydroxylation is 1. The summed E-state index contributed by atoms with van der Waals surface area (Å²) in [5.41, 5.74) is 1.92. The molecule has 0 aromatic carbocycles. The van der Waals surface area contributed by atoms with Gasteiger partial charge in [0.2, 0.25) is 5.82 Å². The van der Waals surface area contributed by atoms with E-state index in [0.29, 0.717) is 12.6 Å². The summed E-state index contributed by atoms with van der Waals surface area (Å²) in [7, 11) is 0. The molecule has 0 saturated carbocycles. The zero-order valence-electron chi connectivity index (χ0n) is 10.7. The standard InChI is InChI=1S/C12H17N5O/c1-3-13-12(18)11-14-7(2)9-10(16-11)15-8-4-5-17(9)6-8/h8H,3-6H2,1-2H3,(H,13,18)(H,14,15,16). The third-order valence-corrected chi connectivity index (χ3v) is 3.44. The molecule has 2 aliphatic heterocycles. The van der Waals surface area contributed by atoms with Crippen molar-refractivity contribution in [2.24, 2.45) is 0 Å². The van der Waals surface area contributed by atoms with Crippen LogP contribution in [0.2, 0.25) is 0 Å². The van der Waals surface area contributed by atoms with Crippen LogP contribution in [0, 0.1) is 6.92 Å². The van der Waals surface area contributed by atoms with Gasteiger partial charge in [0.25, 0.3) is 5.91 Å². The summed E-state index contributed by atoms with van der Waals surface area (Å²) in [6.45, 7) is 6.45. The van der Waals surface area contributed by atoms with E-state index in [1.54, 1.807) is 0 Å². The van der Waals surface area contributed by atoms with Gasteiger partial charge in [-0.25, -0.2) is 9.97 Å². The number of carbonyl (C=O) groups is 1. The van der Waals surface area contributed by atoms with Crippen molar-refractivity contribution in [3.63, 3.8) is 0 Å². The maximum Gasteiger partial charge on any atom is 0.289 e. The van der Waals surface area contributed by atoms with E-state index in [-0.39, 0.29) is 11.7 Å². The highest BCUT2D eigenvalue weighted by Crippen LogP contribution is 2.35. The fraction of sp³-hybridized carbons (Fsp3) is 0.583. The summed E-state index contributed by atoms with van der Waals surface area (Å²) in [6.07, 6.45) is 1.12. The van der Waals surface area contributed by atoms with E-state index in [0.717, 1.165) is 36.7 Å². The monoisotopic (exact) mass is 247 g/mol. The summed E-state index contributed by atoms with van der Waals surface area (Å²) in [5.74, 6) is 0.846. The third kappa shape index (κ3) is 1.68. The minimum Gasteiger partial charge on any atom is -0.365 e. The molecule has 0 radical (unpaired) electrons. The molecule has 2 N–H and O–H groups in total. The van der Waals surface area contributed by atoms with Crippen molar-refractivity contribution in [2.75, 3.05) is 29.9 Å². The first-order valence-electron chi connectivity index (χ1n) is 6.37. The molecule has 6 heteroatoms. The molecule has 1 fully saturated rings. The zero-order chi connectivity index (χ0) is 12.7. The molecular formula is C12H17N5O. The molecule has 0 spiro atoms. The lowest BCUT2D eigenvalue weighted by Gasteiger charge is -2.28. The second kappa shape index (κ2) is 4.12. The van der Waals surface area contributed by atoms with Crippen LogP contribution in [-0.4, -0.2) is 41.6 Å². The van der Waals surface area contributed by atoms with E-state index in [1.807, 2.05) is 13.8 Å². The molecule has 2 bridgehead atoms. The van der Waals surface area contributed by atoms with Crippen molar-refractivity contribution in [3.05, 3.63) is 11.5 Å². The number of fused-ring (bicyclic) bond motifs is 4. The van der Waals surface area contributed by atoms with Gasteiger partial charge in [0, 0.05) is 25.7 Å². The SMILES string of the molecule is CCNC(=O)c1nc(C)c2c(n1)NC1CCN2C1. The highest BCUT2D eigenvalue weighted by Gasteiger charge is 2.33. The Hall–Kier alpha value is -1.85. The summed E-state index contributed by atoms with van der Waals surface area (Å²) in [4.78, 5) is 22.8. The lowest BCUT2D eigenvalue weighted by molar-refractivity contribution is 0.0945. The molecule has 96 valence electrons. The van der Waals surface area contributed by atoms with Gasteiger partial charge in [-0.05, 0) is 20.3 Å². The highest BCUT2D eigenvalue weighted by atomic mass is 16.2. The molecule has 3 heterocycles. The van der Waals surface area contributed by atoms with Gasteiger partial charge >= 0.3 is 0 Å². The molecular weight excluding hydrogens is 230 g/mol. The van der Waals surface area contributed by atoms with E-state index in [9.17, 15) is 4.79 Å². The third-order valence-electron chi connectivity index (χ3n) is 3.44. The molecule has 6 nitrogen and oxygen atoms in total. The first-order chi connectivity index (χ1) is 8.69. The van der Waals surface area contributed by atoms with E-state index in [4.69, 9.17) is 0 Å². The maximum absolute atomic E-state index is 11.8. The Balaban J connectivity index is 2.00. The molecule has 0 aliphatic carbocycles. The maximum atomic E-state index is 11.8. The number of nitrogens with one attached hydrogen (secondary N) is 2. The van der Waals surface area contributed by atoms with Crippen molar-refractivity contribution in [1.82, 2.24) is 15.3 Å². The Morgan fingerprint density at radius 3 is 3.17 bits per heavy atom. The first kappa shape index (κ1) is 11.3. The summed E-state index contributed by atoms with van der Waals surface area (Å²) in [6, 6.07) is 0.453. The van der Waals surface area contributed by atoms with Crippen LogP contribution >= 0.6 is 0 Å². The van der Waals surface area contributed by atoms with E-state index in [2.05, 4.69) is 25.5 Å². The molecule has 1 aromatic rings. The van der Waals surface area contributed by atoms with Crippen molar-refractivity contribution >= 4 is 17.4 Å². The number of rotatable bonds is 2. The van der Waals surface area contributed by atoms with Gasteiger partial charge in [0.1, 0.15) is 5.69 Å². The van der Waals surface area contributed by atoms with Crippen LogP contribution in [0.15, 0.2) is 0 Å². The molecule has 1 saturated heterocycles. The van der Waals surface area contributed by atoms with Crippen LogP contribution in [0.3, 0.4) is 0 Å². The second-order valence-corrected chi connectivity index (χ2v) is 4.77. The predicted octanol–water partition coefficient (Wildman–Crippen LogP) is 0.539. The number of amides is 1. The number of hydrogen-bond acceptors (Lipinski definition) is 5. The number of carbonyl (C=O) groups excluding carboxylic acids is 1. The zero-order valence-corrected chi connectivity index (χ0v) is 10.7. The molecule has 1 atom stereocenters. The summed E-state index contributed by atoms with van der Waals surface area (Å²) >= 11 is 0. The molecule has 1 amide bonds. The van der Waals surface area contributed by atoms with Gasteiger partial charge in [0.05, 0.1) is 5.69 Å². The van der Waals surface area contributed by atoms with Gasteiger partial charge < -0.3 is 15.5 Å². The second-order valence-electron chi connectivity index (χ2n) is 4.77. The van der Waals surface area contributed by atoms with E-state index in [1.165, 1.54) is 0 Å². The Morgan fingerprint density at radius 2 is 2.39 bits per heavy atom. The van der Waals surface area contributed by atoms with Gasteiger partial charge in [-0.2, -0.15) is 0 Å². The van der Waals surface area contributed by atoms with Crippen molar-refractivity contribution < 1.29 is 4.79 Å². The lowest BCUT2D eigenvalue weighted by atomic mass is 10.2. The molecule has 18 heavy (non-hydrogen) atoms. The number of nitrogens with zero attached hydrogens (tertiary/aromatic N) is 3. The first-order valence-corrected chi connectivity index (χ1v) is 6.37. The predicted molar refractivity (Wildman–Crippen MR) is 69.0 cm³/mol. The van der Waals surface area contributed by atoms with E-state index >= 15 is 0 Å². The largest absolute Gasteiger partial charge is 0.365 e. The molecule has 1 unspecified atom stereocenters. The Kier molecular flexibility index (Phi) is 2.57. The van der Waals surface area contributed by atoms with Crippen molar-refractivity contribution in [2.45, 2.75) is 26.3 Å². The minimum absolute atomic E-state index is 0.210. The van der Waals surface area contributed by atoms with Crippen LogP contribution in [0.1, 0.15) is 29.7 Å². The number of hydrogen-bond donors (Lipinski definition) is 2. The quantitative estimate of drug-likeness (QED) is 0.798. The summed E-state index contributed by atoms with van der Waals surface area (Å²) in [5, 5.41) is 6.12. The van der Waals surface area contributed by atoms with Crippen LogP contribution in [0.5, 0.6) is 0 Å². The van der Waals surface area contributed by atoms with Crippen molar-refractivity contribution in [3.8, 4) is 0 Å². The van der Waals surface area contributed by atoms with Crippen LogP contribution in [-0.2, 0) is 0 Å². The molecule has 3 rings (SSSR count). The normalized spacial score (nSPS) is 20.3. The van der Waals surface area contributed by atoms with Gasteiger partial charge in [-0.15, -0.1) is 0 Å². The fourth-order valence-electron chi connectivity index (χ4n) is 2.66. The average Bonchev–Trinajstić information content (AvgIpc) is 2.70. The fourth-order valence-corrected chi connectivity index (χ4v) is 2.66. The van der Waals surface area contributed by atoms with Gasteiger partial charge in [-0.3, -0.25) is 4.79 Å². The molecule has 1 aromatic heterocycles. The number of anilines is 2. The van der Waals surface area contributed by atoms with Gasteiger partial charge in [0.15, 0.2) is 5.82 Å². The topological polar surface area (TPSA) is 70.1 Å². The van der Waals surface area contributed by atoms with Crippen LogP contribution in [0.25, 0.3) is 0 Å². The minimum atomic E-state index is -0.210. The smallest absolute Gasteiger partial charge is 0.289 e. The Morgan fingerprint density at radius 1 is 1.56 bits per heavy atom. The number of aromatic nitrogens is 2. The van der Waals surface area contributed by atoms with Crippen molar-refractivity contribution in [1.29, 1.82) is 0 Å². The lowest BCUT2D eigenvalue weighted by Crippen LogP contribution is -2.34. The Bertz CT molecular complexity index is 501. The van der Waals surface area contributed by atoms with Crippen LogP contribution in [0.4, 0.5) is 11.5 Å². The van der Waals surface area contributed by atoms with E-state index < -0.39 is 0 Å².